The molecule has 0 bridgehead atoms. The Morgan fingerprint density at radius 2 is 2.15 bits per heavy atom. The van der Waals surface area contributed by atoms with Crippen molar-refractivity contribution in [2.75, 3.05) is 6.54 Å². The van der Waals surface area contributed by atoms with E-state index in [0.29, 0.717) is 5.92 Å². The van der Waals surface area contributed by atoms with Crippen LogP contribution in [0.2, 0.25) is 5.02 Å². The summed E-state index contributed by atoms with van der Waals surface area (Å²) in [5, 5.41) is 5.01. The number of aromatic nitrogens is 2. The molecule has 0 saturated carbocycles. The molecule has 0 spiro atoms. The SMILES string of the molecule is CC(C)CNCc1ccc(Sc2cnccn2)c(Cl)c1. The minimum absolute atomic E-state index is 0.650. The second-order valence-corrected chi connectivity index (χ2v) is 6.40. The third kappa shape index (κ3) is 4.78. The fraction of sp³-hybridized carbons (Fsp3) is 0.333. The Morgan fingerprint density at radius 1 is 1.30 bits per heavy atom. The third-order valence-electron chi connectivity index (χ3n) is 2.63. The first-order valence-corrected chi connectivity index (χ1v) is 7.77. The smallest absolute Gasteiger partial charge is 0.119 e. The van der Waals surface area contributed by atoms with E-state index >= 15 is 0 Å². The van der Waals surface area contributed by atoms with Gasteiger partial charge in [0.1, 0.15) is 5.03 Å². The number of hydrogen-bond acceptors (Lipinski definition) is 4. The molecule has 0 amide bonds. The molecule has 0 atom stereocenters. The molecule has 0 radical (unpaired) electrons. The van der Waals surface area contributed by atoms with E-state index in [4.69, 9.17) is 11.6 Å². The average molecular weight is 308 g/mol. The molecule has 1 heterocycles. The van der Waals surface area contributed by atoms with Gasteiger partial charge in [-0.15, -0.1) is 0 Å². The van der Waals surface area contributed by atoms with Crippen molar-refractivity contribution < 1.29 is 0 Å². The van der Waals surface area contributed by atoms with Gasteiger partial charge in [-0.25, -0.2) is 4.98 Å². The highest BCUT2D eigenvalue weighted by Gasteiger charge is 2.05. The van der Waals surface area contributed by atoms with Crippen LogP contribution in [0.4, 0.5) is 0 Å². The molecule has 0 aliphatic carbocycles. The molecule has 5 heteroatoms. The highest BCUT2D eigenvalue weighted by atomic mass is 35.5. The lowest BCUT2D eigenvalue weighted by Gasteiger charge is -2.09. The highest BCUT2D eigenvalue weighted by molar-refractivity contribution is 7.99. The summed E-state index contributed by atoms with van der Waals surface area (Å²) < 4.78 is 0. The van der Waals surface area contributed by atoms with Crippen molar-refractivity contribution in [3.8, 4) is 0 Å². The maximum atomic E-state index is 6.32. The first-order valence-electron chi connectivity index (χ1n) is 6.58. The number of halogens is 1. The molecule has 106 valence electrons. The first-order chi connectivity index (χ1) is 9.65. The summed E-state index contributed by atoms with van der Waals surface area (Å²) >= 11 is 7.85. The molecule has 1 aromatic heterocycles. The summed E-state index contributed by atoms with van der Waals surface area (Å²) in [6, 6.07) is 6.14. The molecular formula is C15H18ClN3S. The van der Waals surface area contributed by atoms with Crippen LogP contribution in [0.15, 0.2) is 46.7 Å². The van der Waals surface area contributed by atoms with Crippen LogP contribution in [0.1, 0.15) is 19.4 Å². The monoisotopic (exact) mass is 307 g/mol. The number of hydrogen-bond donors (Lipinski definition) is 1. The number of rotatable bonds is 6. The lowest BCUT2D eigenvalue weighted by molar-refractivity contribution is 0.552. The highest BCUT2D eigenvalue weighted by Crippen LogP contribution is 2.32. The summed E-state index contributed by atoms with van der Waals surface area (Å²) in [6.45, 7) is 6.24. The molecule has 0 saturated heterocycles. The van der Waals surface area contributed by atoms with Gasteiger partial charge in [-0.1, -0.05) is 43.3 Å². The minimum atomic E-state index is 0.650. The zero-order valence-electron chi connectivity index (χ0n) is 11.6. The van der Waals surface area contributed by atoms with Gasteiger partial charge in [-0.05, 0) is 30.2 Å². The van der Waals surface area contributed by atoms with Crippen molar-refractivity contribution in [1.29, 1.82) is 0 Å². The third-order valence-corrected chi connectivity index (χ3v) is 4.05. The van der Waals surface area contributed by atoms with Crippen LogP contribution >= 0.6 is 23.4 Å². The van der Waals surface area contributed by atoms with Gasteiger partial charge in [-0.3, -0.25) is 4.98 Å². The molecule has 2 rings (SSSR count). The van der Waals surface area contributed by atoms with Gasteiger partial charge in [0, 0.05) is 23.8 Å². The van der Waals surface area contributed by atoms with Crippen molar-refractivity contribution in [3.05, 3.63) is 47.4 Å². The van der Waals surface area contributed by atoms with E-state index in [1.807, 2.05) is 12.1 Å². The lowest BCUT2D eigenvalue weighted by Crippen LogP contribution is -2.18. The largest absolute Gasteiger partial charge is 0.312 e. The Morgan fingerprint density at radius 3 is 2.80 bits per heavy atom. The van der Waals surface area contributed by atoms with E-state index in [2.05, 4.69) is 35.2 Å². The van der Waals surface area contributed by atoms with Crippen LogP contribution in [0.5, 0.6) is 0 Å². The Bertz CT molecular complexity index is 546. The van der Waals surface area contributed by atoms with Crippen molar-refractivity contribution >= 4 is 23.4 Å². The van der Waals surface area contributed by atoms with Gasteiger partial charge in [0.05, 0.1) is 11.2 Å². The van der Waals surface area contributed by atoms with Gasteiger partial charge >= 0.3 is 0 Å². The Labute approximate surface area is 129 Å². The molecule has 2 aromatic rings. The molecular weight excluding hydrogens is 290 g/mol. The molecule has 0 unspecified atom stereocenters. The van der Waals surface area contributed by atoms with Crippen LogP contribution in [0.3, 0.4) is 0 Å². The van der Waals surface area contributed by atoms with Crippen LogP contribution in [-0.4, -0.2) is 16.5 Å². The Balaban J connectivity index is 1.99. The maximum absolute atomic E-state index is 6.32. The summed E-state index contributed by atoms with van der Waals surface area (Å²) in [6.07, 6.45) is 5.08. The summed E-state index contributed by atoms with van der Waals surface area (Å²) in [7, 11) is 0. The van der Waals surface area contributed by atoms with Crippen molar-refractivity contribution in [2.45, 2.75) is 30.3 Å². The van der Waals surface area contributed by atoms with Gasteiger partial charge in [0.2, 0.25) is 0 Å². The van der Waals surface area contributed by atoms with Gasteiger partial charge < -0.3 is 5.32 Å². The quantitative estimate of drug-likeness (QED) is 0.874. The van der Waals surface area contributed by atoms with Crippen LogP contribution in [0, 0.1) is 5.92 Å². The Hall–Kier alpha value is -1.10. The van der Waals surface area contributed by atoms with E-state index in [-0.39, 0.29) is 0 Å². The lowest BCUT2D eigenvalue weighted by atomic mass is 10.2. The van der Waals surface area contributed by atoms with Gasteiger partial charge in [0.25, 0.3) is 0 Å². The Kier molecular flexibility index (Phi) is 5.83. The normalized spacial score (nSPS) is 11.0. The second kappa shape index (κ2) is 7.62. The fourth-order valence-electron chi connectivity index (χ4n) is 1.69. The van der Waals surface area contributed by atoms with E-state index in [9.17, 15) is 0 Å². The zero-order chi connectivity index (χ0) is 14.4. The number of benzene rings is 1. The summed E-state index contributed by atoms with van der Waals surface area (Å²) in [4.78, 5) is 9.28. The van der Waals surface area contributed by atoms with Crippen molar-refractivity contribution in [3.63, 3.8) is 0 Å². The van der Waals surface area contributed by atoms with E-state index in [0.717, 1.165) is 28.0 Å². The zero-order valence-corrected chi connectivity index (χ0v) is 13.2. The molecule has 0 aliphatic heterocycles. The number of nitrogens with zero attached hydrogens (tertiary/aromatic N) is 2. The molecule has 20 heavy (non-hydrogen) atoms. The fourth-order valence-corrected chi connectivity index (χ4v) is 2.76. The minimum Gasteiger partial charge on any atom is -0.312 e. The second-order valence-electron chi connectivity index (χ2n) is 4.94. The molecule has 0 aliphatic rings. The molecule has 3 nitrogen and oxygen atoms in total. The van der Waals surface area contributed by atoms with Gasteiger partial charge in [0.15, 0.2) is 0 Å². The van der Waals surface area contributed by atoms with Crippen LogP contribution < -0.4 is 5.32 Å². The first kappa shape index (κ1) is 15.3. The van der Waals surface area contributed by atoms with Crippen LogP contribution in [-0.2, 0) is 6.54 Å². The summed E-state index contributed by atoms with van der Waals surface area (Å²) in [5.74, 6) is 0.650. The number of nitrogens with one attached hydrogen (secondary N) is 1. The summed E-state index contributed by atoms with van der Waals surface area (Å²) in [5.41, 5.74) is 1.19. The van der Waals surface area contributed by atoms with Crippen molar-refractivity contribution in [1.82, 2.24) is 15.3 Å². The van der Waals surface area contributed by atoms with E-state index in [1.165, 1.54) is 17.3 Å². The topological polar surface area (TPSA) is 37.8 Å². The van der Waals surface area contributed by atoms with E-state index < -0.39 is 0 Å². The van der Waals surface area contributed by atoms with Crippen molar-refractivity contribution in [2.24, 2.45) is 5.92 Å². The molecule has 0 fully saturated rings. The molecule has 1 aromatic carbocycles. The maximum Gasteiger partial charge on any atom is 0.119 e. The predicted octanol–water partition coefficient (Wildman–Crippen LogP) is 4.03. The predicted molar refractivity (Wildman–Crippen MR) is 84.2 cm³/mol. The van der Waals surface area contributed by atoms with Gasteiger partial charge in [-0.2, -0.15) is 0 Å². The standard InChI is InChI=1S/C15H18ClN3S/c1-11(2)8-18-9-12-3-4-14(13(16)7-12)20-15-10-17-5-6-19-15/h3-7,10-11,18H,8-9H2,1-2H3. The average Bonchev–Trinajstić information content (AvgIpc) is 2.42. The van der Waals surface area contributed by atoms with Crippen LogP contribution in [0.25, 0.3) is 0 Å². The molecule has 1 N–H and O–H groups in total. The van der Waals surface area contributed by atoms with E-state index in [1.54, 1.807) is 18.6 Å².